The SMILES string of the molecule is CCCN(C/C(N)=N/O)Cc1cccc(Cl)c1F. The van der Waals surface area contributed by atoms with Crippen molar-refractivity contribution in [1.82, 2.24) is 4.90 Å². The van der Waals surface area contributed by atoms with Gasteiger partial charge in [0.2, 0.25) is 0 Å². The van der Waals surface area contributed by atoms with E-state index < -0.39 is 5.82 Å². The normalized spacial score (nSPS) is 12.1. The Bertz CT molecular complexity index is 426. The van der Waals surface area contributed by atoms with Crippen LogP contribution in [0.4, 0.5) is 4.39 Å². The first-order chi connectivity index (χ1) is 8.58. The van der Waals surface area contributed by atoms with Gasteiger partial charge in [-0.25, -0.2) is 4.39 Å². The molecule has 0 bridgehead atoms. The van der Waals surface area contributed by atoms with Gasteiger partial charge in [0.25, 0.3) is 0 Å². The van der Waals surface area contributed by atoms with Crippen molar-refractivity contribution in [3.05, 3.63) is 34.6 Å². The Labute approximate surface area is 111 Å². The smallest absolute Gasteiger partial charge is 0.153 e. The van der Waals surface area contributed by atoms with Crippen molar-refractivity contribution in [2.45, 2.75) is 19.9 Å². The molecular formula is C12H17ClFN3O. The fourth-order valence-electron chi connectivity index (χ4n) is 1.70. The number of benzene rings is 1. The van der Waals surface area contributed by atoms with Crippen molar-refractivity contribution in [1.29, 1.82) is 0 Å². The van der Waals surface area contributed by atoms with E-state index in [1.165, 1.54) is 6.07 Å². The van der Waals surface area contributed by atoms with E-state index in [4.69, 9.17) is 22.5 Å². The van der Waals surface area contributed by atoms with Gasteiger partial charge >= 0.3 is 0 Å². The molecular weight excluding hydrogens is 257 g/mol. The van der Waals surface area contributed by atoms with E-state index in [2.05, 4.69) is 5.16 Å². The molecule has 1 aromatic rings. The lowest BCUT2D eigenvalue weighted by Gasteiger charge is -2.21. The van der Waals surface area contributed by atoms with Gasteiger partial charge in [0, 0.05) is 12.1 Å². The Morgan fingerprint density at radius 3 is 2.89 bits per heavy atom. The van der Waals surface area contributed by atoms with Crippen molar-refractivity contribution >= 4 is 17.4 Å². The van der Waals surface area contributed by atoms with Crippen LogP contribution < -0.4 is 5.73 Å². The number of hydrogen-bond acceptors (Lipinski definition) is 3. The van der Waals surface area contributed by atoms with Gasteiger partial charge in [-0.05, 0) is 19.0 Å². The van der Waals surface area contributed by atoms with Crippen LogP contribution in [0.2, 0.25) is 5.02 Å². The minimum absolute atomic E-state index is 0.103. The highest BCUT2D eigenvalue weighted by Crippen LogP contribution is 2.19. The Hall–Kier alpha value is -1.33. The highest BCUT2D eigenvalue weighted by molar-refractivity contribution is 6.30. The lowest BCUT2D eigenvalue weighted by Crippen LogP contribution is -2.34. The van der Waals surface area contributed by atoms with E-state index in [0.29, 0.717) is 12.1 Å². The first-order valence-corrected chi connectivity index (χ1v) is 6.08. The predicted octanol–water partition coefficient (Wildman–Crippen LogP) is 2.44. The number of halogens is 2. The minimum Gasteiger partial charge on any atom is -0.409 e. The standard InChI is InChI=1S/C12H17ClFN3O/c1-2-6-17(8-11(15)16-18)7-9-4-3-5-10(13)12(9)14/h3-5,18H,2,6-8H2,1H3,(H2,15,16). The van der Waals surface area contributed by atoms with Crippen LogP contribution >= 0.6 is 11.6 Å². The summed E-state index contributed by atoms with van der Waals surface area (Å²) >= 11 is 5.73. The average molecular weight is 274 g/mol. The van der Waals surface area contributed by atoms with Crippen LogP contribution in [0.3, 0.4) is 0 Å². The summed E-state index contributed by atoms with van der Waals surface area (Å²) in [6, 6.07) is 4.89. The molecule has 6 heteroatoms. The molecule has 4 nitrogen and oxygen atoms in total. The van der Waals surface area contributed by atoms with Crippen LogP contribution in [0.15, 0.2) is 23.4 Å². The Morgan fingerprint density at radius 1 is 1.56 bits per heavy atom. The molecule has 100 valence electrons. The van der Waals surface area contributed by atoms with Crippen LogP contribution in [0, 0.1) is 5.82 Å². The fraction of sp³-hybridized carbons (Fsp3) is 0.417. The molecule has 0 heterocycles. The molecule has 1 aromatic carbocycles. The second-order valence-corrected chi connectivity index (χ2v) is 4.42. The van der Waals surface area contributed by atoms with Gasteiger partial charge in [-0.1, -0.05) is 35.8 Å². The summed E-state index contributed by atoms with van der Waals surface area (Å²) in [6.45, 7) is 3.39. The fourth-order valence-corrected chi connectivity index (χ4v) is 1.90. The molecule has 1 rings (SSSR count). The third-order valence-electron chi connectivity index (χ3n) is 2.48. The summed E-state index contributed by atoms with van der Waals surface area (Å²) < 4.78 is 13.8. The van der Waals surface area contributed by atoms with Crippen molar-refractivity contribution in [3.8, 4) is 0 Å². The molecule has 0 aliphatic heterocycles. The number of nitrogens with two attached hydrogens (primary N) is 1. The third kappa shape index (κ3) is 4.16. The number of oxime groups is 1. The molecule has 0 fully saturated rings. The number of rotatable bonds is 6. The lowest BCUT2D eigenvalue weighted by molar-refractivity contribution is 0.283. The highest BCUT2D eigenvalue weighted by atomic mass is 35.5. The van der Waals surface area contributed by atoms with E-state index in [0.717, 1.165) is 13.0 Å². The molecule has 0 amide bonds. The first kappa shape index (κ1) is 14.7. The van der Waals surface area contributed by atoms with Crippen LogP contribution in [0.25, 0.3) is 0 Å². The van der Waals surface area contributed by atoms with E-state index in [1.807, 2.05) is 11.8 Å². The zero-order chi connectivity index (χ0) is 13.5. The number of amidine groups is 1. The van der Waals surface area contributed by atoms with Crippen molar-refractivity contribution in [2.24, 2.45) is 10.9 Å². The molecule has 0 aromatic heterocycles. The van der Waals surface area contributed by atoms with E-state index in [1.54, 1.807) is 12.1 Å². The van der Waals surface area contributed by atoms with Crippen LogP contribution in [-0.2, 0) is 6.54 Å². The highest BCUT2D eigenvalue weighted by Gasteiger charge is 2.12. The van der Waals surface area contributed by atoms with Crippen molar-refractivity contribution in [3.63, 3.8) is 0 Å². The number of nitrogens with zero attached hydrogens (tertiary/aromatic N) is 2. The summed E-state index contributed by atoms with van der Waals surface area (Å²) in [5, 5.41) is 11.6. The summed E-state index contributed by atoms with van der Waals surface area (Å²) in [5.41, 5.74) is 5.97. The summed E-state index contributed by atoms with van der Waals surface area (Å²) in [5.74, 6) is -0.314. The summed E-state index contributed by atoms with van der Waals surface area (Å²) in [7, 11) is 0. The summed E-state index contributed by atoms with van der Waals surface area (Å²) in [4.78, 5) is 1.89. The zero-order valence-corrected chi connectivity index (χ0v) is 11.0. The average Bonchev–Trinajstić information content (AvgIpc) is 2.35. The molecule has 0 saturated heterocycles. The van der Waals surface area contributed by atoms with Crippen LogP contribution in [0.1, 0.15) is 18.9 Å². The molecule has 18 heavy (non-hydrogen) atoms. The van der Waals surface area contributed by atoms with Gasteiger partial charge in [0.05, 0.1) is 11.6 Å². The zero-order valence-electron chi connectivity index (χ0n) is 10.2. The van der Waals surface area contributed by atoms with Gasteiger partial charge in [-0.3, -0.25) is 4.90 Å². The molecule has 0 spiro atoms. The molecule has 0 radical (unpaired) electrons. The largest absolute Gasteiger partial charge is 0.409 e. The summed E-state index contributed by atoms with van der Waals surface area (Å²) in [6.07, 6.45) is 0.890. The van der Waals surface area contributed by atoms with Crippen LogP contribution in [0.5, 0.6) is 0 Å². The van der Waals surface area contributed by atoms with Gasteiger partial charge < -0.3 is 10.9 Å². The molecule has 0 saturated carbocycles. The van der Waals surface area contributed by atoms with E-state index >= 15 is 0 Å². The second kappa shape index (κ2) is 7.18. The lowest BCUT2D eigenvalue weighted by atomic mass is 10.2. The van der Waals surface area contributed by atoms with Gasteiger partial charge in [0.15, 0.2) is 5.84 Å². The molecule has 0 unspecified atom stereocenters. The minimum atomic E-state index is -0.417. The Morgan fingerprint density at radius 2 is 2.28 bits per heavy atom. The topological polar surface area (TPSA) is 61.8 Å². The van der Waals surface area contributed by atoms with Gasteiger partial charge in [0.1, 0.15) is 5.82 Å². The second-order valence-electron chi connectivity index (χ2n) is 4.01. The predicted molar refractivity (Wildman–Crippen MR) is 70.4 cm³/mol. The number of hydrogen-bond donors (Lipinski definition) is 2. The van der Waals surface area contributed by atoms with E-state index in [-0.39, 0.29) is 17.4 Å². The monoisotopic (exact) mass is 273 g/mol. The van der Waals surface area contributed by atoms with E-state index in [9.17, 15) is 4.39 Å². The molecule has 0 atom stereocenters. The van der Waals surface area contributed by atoms with Gasteiger partial charge in [-0.2, -0.15) is 0 Å². The molecule has 0 aliphatic carbocycles. The quantitative estimate of drug-likeness (QED) is 0.362. The maximum Gasteiger partial charge on any atom is 0.153 e. The van der Waals surface area contributed by atoms with Gasteiger partial charge in [-0.15, -0.1) is 0 Å². The Kier molecular flexibility index (Phi) is 5.88. The molecule has 3 N–H and O–H groups in total. The third-order valence-corrected chi connectivity index (χ3v) is 2.77. The van der Waals surface area contributed by atoms with Crippen molar-refractivity contribution in [2.75, 3.05) is 13.1 Å². The van der Waals surface area contributed by atoms with Crippen LogP contribution in [-0.4, -0.2) is 29.0 Å². The van der Waals surface area contributed by atoms with Crippen molar-refractivity contribution < 1.29 is 9.60 Å². The first-order valence-electron chi connectivity index (χ1n) is 5.70. The Balaban J connectivity index is 2.79. The maximum atomic E-state index is 13.8. The molecule has 0 aliphatic rings. The maximum absolute atomic E-state index is 13.8.